The molecule has 1 aliphatic heterocycles. The third kappa shape index (κ3) is 2.03. The molecule has 2 N–H and O–H groups in total. The minimum Gasteiger partial charge on any atom is -0.505 e. The average molecular weight is 241 g/mol. The fraction of sp³-hybridized carbons (Fsp3) is 0.364. The number of ether oxygens (including phenoxy) is 2. The maximum absolute atomic E-state index is 13.7. The summed E-state index contributed by atoms with van der Waals surface area (Å²) in [6.07, 6.45) is 0. The van der Waals surface area contributed by atoms with Crippen LogP contribution in [0.4, 0.5) is 4.39 Å². The van der Waals surface area contributed by atoms with Gasteiger partial charge >= 0.3 is 0 Å². The summed E-state index contributed by atoms with van der Waals surface area (Å²) in [4.78, 5) is 11.7. The van der Waals surface area contributed by atoms with E-state index < -0.39 is 17.3 Å². The molecule has 6 heteroatoms. The molecule has 1 aromatic carbocycles. The molecule has 0 unspecified atom stereocenters. The van der Waals surface area contributed by atoms with Crippen LogP contribution in [-0.4, -0.2) is 37.7 Å². The zero-order valence-electron chi connectivity index (χ0n) is 9.25. The van der Waals surface area contributed by atoms with Gasteiger partial charge in [-0.2, -0.15) is 0 Å². The molecule has 1 aromatic rings. The Labute approximate surface area is 97.1 Å². The van der Waals surface area contributed by atoms with Crippen molar-refractivity contribution >= 4 is 5.78 Å². The monoisotopic (exact) mass is 241 g/mol. The Morgan fingerprint density at radius 3 is 2.94 bits per heavy atom. The largest absolute Gasteiger partial charge is 0.505 e. The van der Waals surface area contributed by atoms with Crippen LogP contribution < -0.4 is 14.8 Å². The summed E-state index contributed by atoms with van der Waals surface area (Å²) in [7, 11) is 1.57. The molecule has 2 rings (SSSR count). The van der Waals surface area contributed by atoms with Crippen molar-refractivity contribution in [2.45, 2.75) is 0 Å². The van der Waals surface area contributed by atoms with Gasteiger partial charge in [-0.15, -0.1) is 0 Å². The van der Waals surface area contributed by atoms with E-state index in [2.05, 4.69) is 5.32 Å². The Hall–Kier alpha value is -1.82. The second kappa shape index (κ2) is 4.58. The Balaban J connectivity index is 2.54. The number of carbonyl (C=O) groups is 1. The van der Waals surface area contributed by atoms with Gasteiger partial charge in [-0.25, -0.2) is 4.39 Å². The lowest BCUT2D eigenvalue weighted by atomic mass is 10.1. The van der Waals surface area contributed by atoms with Crippen molar-refractivity contribution in [1.29, 1.82) is 0 Å². The minimum atomic E-state index is -0.977. The van der Waals surface area contributed by atoms with Gasteiger partial charge in [-0.3, -0.25) is 4.79 Å². The number of hydrogen-bond donors (Lipinski definition) is 2. The maximum Gasteiger partial charge on any atom is 0.183 e. The summed E-state index contributed by atoms with van der Waals surface area (Å²) < 4.78 is 24.2. The molecule has 0 aliphatic carbocycles. The Bertz CT molecular complexity index is 461. The molecule has 0 saturated heterocycles. The number of phenols is 1. The van der Waals surface area contributed by atoms with Crippen LogP contribution >= 0.6 is 0 Å². The lowest BCUT2D eigenvalue weighted by Gasteiger charge is -2.21. The topological polar surface area (TPSA) is 67.8 Å². The lowest BCUT2D eigenvalue weighted by molar-refractivity contribution is 0.0976. The quantitative estimate of drug-likeness (QED) is 0.763. The molecule has 0 bridgehead atoms. The van der Waals surface area contributed by atoms with Crippen LogP contribution in [0.2, 0.25) is 0 Å². The van der Waals surface area contributed by atoms with Crippen molar-refractivity contribution in [2.24, 2.45) is 0 Å². The number of rotatable bonds is 3. The first kappa shape index (κ1) is 11.7. The summed E-state index contributed by atoms with van der Waals surface area (Å²) in [5.74, 6) is -1.84. The fourth-order valence-corrected chi connectivity index (χ4v) is 1.65. The lowest BCUT2D eigenvalue weighted by Crippen LogP contribution is -2.23. The van der Waals surface area contributed by atoms with Crippen LogP contribution in [0.25, 0.3) is 0 Å². The molecular formula is C11H12FNO4. The molecular weight excluding hydrogens is 229 g/mol. The smallest absolute Gasteiger partial charge is 0.183 e. The summed E-state index contributed by atoms with van der Waals surface area (Å²) in [5, 5.41) is 12.0. The maximum atomic E-state index is 13.7. The molecule has 1 heterocycles. The highest BCUT2D eigenvalue weighted by Gasteiger charge is 2.27. The first-order valence-electron chi connectivity index (χ1n) is 5.14. The van der Waals surface area contributed by atoms with E-state index in [-0.39, 0.29) is 30.2 Å². The number of Topliss-reactive ketones (excluding diaryl/α,β-unsaturated/α-hetero) is 1. The van der Waals surface area contributed by atoms with Crippen LogP contribution in [0, 0.1) is 5.82 Å². The third-order valence-corrected chi connectivity index (χ3v) is 2.37. The SMILES string of the molecule is CNCC(=O)c1c(F)c(O)cc2c1OCCO2. The van der Waals surface area contributed by atoms with Crippen molar-refractivity contribution in [3.05, 3.63) is 17.4 Å². The number of benzene rings is 1. The standard InChI is InChI=1S/C11H12FNO4/c1-13-5-7(15)9-10(12)6(14)4-8-11(9)17-3-2-16-8/h4,13-14H,2-3,5H2,1H3. The second-order valence-electron chi connectivity index (χ2n) is 3.56. The Morgan fingerprint density at radius 1 is 1.53 bits per heavy atom. The molecule has 0 fully saturated rings. The molecule has 92 valence electrons. The fourth-order valence-electron chi connectivity index (χ4n) is 1.65. The van der Waals surface area contributed by atoms with Crippen LogP contribution in [0.3, 0.4) is 0 Å². The zero-order chi connectivity index (χ0) is 12.4. The van der Waals surface area contributed by atoms with Crippen molar-refractivity contribution in [3.63, 3.8) is 0 Å². The van der Waals surface area contributed by atoms with Gasteiger partial charge in [0.15, 0.2) is 28.8 Å². The van der Waals surface area contributed by atoms with E-state index in [1.165, 1.54) is 0 Å². The Kier molecular flexibility index (Phi) is 3.14. The number of halogens is 1. The van der Waals surface area contributed by atoms with E-state index in [1.807, 2.05) is 0 Å². The van der Waals surface area contributed by atoms with Gasteiger partial charge in [-0.1, -0.05) is 0 Å². The van der Waals surface area contributed by atoms with Crippen LogP contribution in [0.1, 0.15) is 10.4 Å². The number of nitrogens with one attached hydrogen (secondary N) is 1. The third-order valence-electron chi connectivity index (χ3n) is 2.37. The normalized spacial score (nSPS) is 13.5. The van der Waals surface area contributed by atoms with Gasteiger partial charge in [0, 0.05) is 6.07 Å². The number of phenolic OH excluding ortho intramolecular Hbond substituents is 1. The first-order valence-corrected chi connectivity index (χ1v) is 5.14. The second-order valence-corrected chi connectivity index (χ2v) is 3.56. The molecule has 0 spiro atoms. The number of ketones is 1. The summed E-state index contributed by atoms with van der Waals surface area (Å²) in [6.45, 7) is 0.505. The highest BCUT2D eigenvalue weighted by atomic mass is 19.1. The minimum absolute atomic E-state index is 0.0455. The van der Waals surface area contributed by atoms with Crippen molar-refractivity contribution in [3.8, 4) is 17.2 Å². The number of carbonyl (C=O) groups excluding carboxylic acids is 1. The van der Waals surface area contributed by atoms with Crippen LogP contribution in [0.15, 0.2) is 6.07 Å². The van der Waals surface area contributed by atoms with Crippen molar-refractivity contribution in [2.75, 3.05) is 26.8 Å². The molecule has 0 aromatic heterocycles. The molecule has 1 aliphatic rings. The van der Waals surface area contributed by atoms with Gasteiger partial charge in [0.05, 0.1) is 6.54 Å². The number of fused-ring (bicyclic) bond motifs is 1. The van der Waals surface area contributed by atoms with Gasteiger partial charge in [0.25, 0.3) is 0 Å². The van der Waals surface area contributed by atoms with Gasteiger partial charge in [-0.05, 0) is 7.05 Å². The average Bonchev–Trinajstić information content (AvgIpc) is 2.31. The van der Waals surface area contributed by atoms with Crippen LogP contribution in [0.5, 0.6) is 17.2 Å². The van der Waals surface area contributed by atoms with E-state index in [0.717, 1.165) is 6.07 Å². The molecule has 0 atom stereocenters. The summed E-state index contributed by atoms with van der Waals surface area (Å²) in [5.41, 5.74) is -0.269. The number of likely N-dealkylation sites (N-methyl/N-ethyl adjacent to an activating group) is 1. The predicted molar refractivity (Wildman–Crippen MR) is 57.3 cm³/mol. The van der Waals surface area contributed by atoms with Gasteiger partial charge in [0.1, 0.15) is 18.8 Å². The van der Waals surface area contributed by atoms with E-state index in [0.29, 0.717) is 6.61 Å². The molecule has 5 nitrogen and oxygen atoms in total. The zero-order valence-corrected chi connectivity index (χ0v) is 9.25. The van der Waals surface area contributed by atoms with E-state index >= 15 is 0 Å². The van der Waals surface area contributed by atoms with Gasteiger partial charge in [0.2, 0.25) is 0 Å². The predicted octanol–water partition coefficient (Wildman–Crippen LogP) is 0.705. The highest BCUT2D eigenvalue weighted by Crippen LogP contribution is 2.40. The Morgan fingerprint density at radius 2 is 2.24 bits per heavy atom. The van der Waals surface area contributed by atoms with E-state index in [9.17, 15) is 14.3 Å². The summed E-state index contributed by atoms with van der Waals surface area (Å²) >= 11 is 0. The van der Waals surface area contributed by atoms with Crippen LogP contribution in [-0.2, 0) is 0 Å². The first-order chi connectivity index (χ1) is 8.15. The number of hydrogen-bond acceptors (Lipinski definition) is 5. The van der Waals surface area contributed by atoms with Gasteiger partial charge < -0.3 is 19.9 Å². The number of aromatic hydroxyl groups is 1. The molecule has 0 amide bonds. The van der Waals surface area contributed by atoms with Crippen molar-refractivity contribution < 1.29 is 23.8 Å². The molecule has 0 radical (unpaired) electrons. The molecule has 17 heavy (non-hydrogen) atoms. The highest BCUT2D eigenvalue weighted by molar-refractivity contribution is 6.01. The molecule has 0 saturated carbocycles. The summed E-state index contributed by atoms with van der Waals surface area (Å²) in [6, 6.07) is 1.11. The van der Waals surface area contributed by atoms with E-state index in [4.69, 9.17) is 9.47 Å². The van der Waals surface area contributed by atoms with E-state index in [1.54, 1.807) is 7.05 Å². The van der Waals surface area contributed by atoms with Crippen molar-refractivity contribution in [1.82, 2.24) is 5.32 Å².